The molecule has 3 nitrogen and oxygen atoms in total. The first-order valence-electron chi connectivity index (χ1n) is 4.89. The van der Waals surface area contributed by atoms with Crippen LogP contribution in [0.5, 0.6) is 0 Å². The second-order valence-electron chi connectivity index (χ2n) is 3.03. The molecular weight excluding hydrogens is 270 g/mol. The maximum absolute atomic E-state index is 4.44. The van der Waals surface area contributed by atoms with Gasteiger partial charge in [0, 0.05) is 4.90 Å². The van der Waals surface area contributed by atoms with Crippen LogP contribution in [0.2, 0.25) is 0 Å². The summed E-state index contributed by atoms with van der Waals surface area (Å²) < 4.78 is 0. The molecule has 0 aliphatic rings. The van der Waals surface area contributed by atoms with E-state index in [0.29, 0.717) is 5.16 Å². The van der Waals surface area contributed by atoms with Crippen molar-refractivity contribution < 1.29 is 0 Å². The summed E-state index contributed by atoms with van der Waals surface area (Å²) in [5.41, 5.74) is 0. The van der Waals surface area contributed by atoms with Crippen molar-refractivity contribution in [1.82, 2.24) is 15.2 Å². The highest BCUT2D eigenvalue weighted by Gasteiger charge is 2.09. The van der Waals surface area contributed by atoms with E-state index in [2.05, 4.69) is 27.3 Å². The minimum absolute atomic E-state index is 0.715. The molecule has 0 fully saturated rings. The lowest BCUT2D eigenvalue weighted by atomic mass is 10.4. The molecule has 17 heavy (non-hydrogen) atoms. The van der Waals surface area contributed by atoms with Crippen LogP contribution in [0, 0.1) is 0 Å². The van der Waals surface area contributed by atoms with Gasteiger partial charge < -0.3 is 0 Å². The number of hydrogen-bond donors (Lipinski definition) is 0. The number of nitrogens with zero attached hydrogens (tertiary/aromatic N) is 3. The van der Waals surface area contributed by atoms with E-state index in [1.165, 1.54) is 11.8 Å². The van der Waals surface area contributed by atoms with Gasteiger partial charge in [0.15, 0.2) is 5.03 Å². The van der Waals surface area contributed by atoms with Gasteiger partial charge in [-0.3, -0.25) is 0 Å². The van der Waals surface area contributed by atoms with E-state index in [9.17, 15) is 0 Å². The minimum atomic E-state index is 0.715. The SMILES string of the molecule is CSc1nnc(Sc2ccccc2)c(SC)n1. The summed E-state index contributed by atoms with van der Waals surface area (Å²) in [5, 5.41) is 10.8. The smallest absolute Gasteiger partial charge is 0.209 e. The lowest BCUT2D eigenvalue weighted by molar-refractivity contribution is 0.712. The Bertz CT molecular complexity index is 491. The van der Waals surface area contributed by atoms with Gasteiger partial charge in [-0.15, -0.1) is 22.0 Å². The normalized spacial score (nSPS) is 10.5. The molecule has 0 aliphatic carbocycles. The van der Waals surface area contributed by atoms with Gasteiger partial charge in [0.2, 0.25) is 5.16 Å². The summed E-state index contributed by atoms with van der Waals surface area (Å²) in [6.07, 6.45) is 3.95. The van der Waals surface area contributed by atoms with Crippen molar-refractivity contribution in [3.8, 4) is 0 Å². The van der Waals surface area contributed by atoms with Crippen molar-refractivity contribution in [2.45, 2.75) is 20.1 Å². The van der Waals surface area contributed by atoms with Crippen LogP contribution in [0.1, 0.15) is 0 Å². The first kappa shape index (κ1) is 12.7. The average Bonchev–Trinajstić information content (AvgIpc) is 2.40. The van der Waals surface area contributed by atoms with Crippen LogP contribution in [0.25, 0.3) is 0 Å². The Morgan fingerprint density at radius 2 is 1.65 bits per heavy atom. The number of hydrogen-bond acceptors (Lipinski definition) is 6. The van der Waals surface area contributed by atoms with E-state index in [-0.39, 0.29) is 0 Å². The minimum Gasteiger partial charge on any atom is -0.212 e. The summed E-state index contributed by atoms with van der Waals surface area (Å²) in [7, 11) is 0. The quantitative estimate of drug-likeness (QED) is 0.799. The number of aromatic nitrogens is 3. The molecule has 0 unspecified atom stereocenters. The molecule has 0 amide bonds. The van der Waals surface area contributed by atoms with Crippen molar-refractivity contribution in [2.75, 3.05) is 12.5 Å². The van der Waals surface area contributed by atoms with E-state index >= 15 is 0 Å². The van der Waals surface area contributed by atoms with Crippen LogP contribution in [-0.2, 0) is 0 Å². The fourth-order valence-electron chi connectivity index (χ4n) is 1.17. The van der Waals surface area contributed by atoms with E-state index in [1.807, 2.05) is 30.7 Å². The first-order valence-corrected chi connectivity index (χ1v) is 8.15. The largest absolute Gasteiger partial charge is 0.212 e. The molecule has 0 saturated heterocycles. The fourth-order valence-corrected chi connectivity index (χ4v) is 3.03. The Morgan fingerprint density at radius 1 is 0.882 bits per heavy atom. The summed E-state index contributed by atoms with van der Waals surface area (Å²) in [6.45, 7) is 0. The van der Waals surface area contributed by atoms with Gasteiger partial charge in [-0.1, -0.05) is 41.7 Å². The van der Waals surface area contributed by atoms with Crippen molar-refractivity contribution in [2.24, 2.45) is 0 Å². The fraction of sp³-hybridized carbons (Fsp3) is 0.182. The van der Waals surface area contributed by atoms with Crippen LogP contribution < -0.4 is 0 Å². The second-order valence-corrected chi connectivity index (χ2v) is 5.66. The zero-order chi connectivity index (χ0) is 12.1. The van der Waals surface area contributed by atoms with Gasteiger partial charge in [-0.25, -0.2) is 4.98 Å². The predicted octanol–water partition coefficient (Wildman–Crippen LogP) is 3.47. The van der Waals surface area contributed by atoms with E-state index in [0.717, 1.165) is 14.9 Å². The number of benzene rings is 1. The molecular formula is C11H11N3S3. The summed E-state index contributed by atoms with van der Waals surface area (Å²) in [4.78, 5) is 5.59. The number of rotatable bonds is 4. The zero-order valence-electron chi connectivity index (χ0n) is 9.45. The Hall–Kier alpha value is -0.720. The van der Waals surface area contributed by atoms with Gasteiger partial charge >= 0.3 is 0 Å². The predicted molar refractivity (Wildman–Crippen MR) is 74.0 cm³/mol. The van der Waals surface area contributed by atoms with Crippen LogP contribution in [-0.4, -0.2) is 27.7 Å². The third kappa shape index (κ3) is 3.37. The zero-order valence-corrected chi connectivity index (χ0v) is 11.9. The molecule has 1 heterocycles. The lowest BCUT2D eigenvalue weighted by Crippen LogP contribution is -1.95. The Kier molecular flexibility index (Phi) is 4.70. The third-order valence-electron chi connectivity index (χ3n) is 1.94. The molecule has 6 heteroatoms. The van der Waals surface area contributed by atoms with E-state index in [4.69, 9.17) is 0 Å². The molecule has 0 atom stereocenters. The van der Waals surface area contributed by atoms with Gasteiger partial charge in [-0.2, -0.15) is 0 Å². The van der Waals surface area contributed by atoms with E-state index in [1.54, 1.807) is 23.5 Å². The molecule has 0 N–H and O–H groups in total. The van der Waals surface area contributed by atoms with Gasteiger partial charge in [0.1, 0.15) is 5.03 Å². The molecule has 1 aromatic carbocycles. The molecule has 2 rings (SSSR count). The molecule has 0 aliphatic heterocycles. The highest BCUT2D eigenvalue weighted by atomic mass is 32.2. The summed E-state index contributed by atoms with van der Waals surface area (Å²) in [5.74, 6) is 0. The Morgan fingerprint density at radius 3 is 2.29 bits per heavy atom. The monoisotopic (exact) mass is 281 g/mol. The second kappa shape index (κ2) is 6.28. The molecule has 1 aromatic heterocycles. The van der Waals surface area contributed by atoms with Crippen molar-refractivity contribution >= 4 is 35.3 Å². The summed E-state index contributed by atoms with van der Waals surface area (Å²) in [6, 6.07) is 10.1. The van der Waals surface area contributed by atoms with Gasteiger partial charge in [-0.05, 0) is 24.6 Å². The molecule has 0 bridgehead atoms. The van der Waals surface area contributed by atoms with Crippen molar-refractivity contribution in [3.63, 3.8) is 0 Å². The van der Waals surface area contributed by atoms with Crippen molar-refractivity contribution in [1.29, 1.82) is 0 Å². The van der Waals surface area contributed by atoms with Crippen molar-refractivity contribution in [3.05, 3.63) is 30.3 Å². The number of thioether (sulfide) groups is 2. The van der Waals surface area contributed by atoms with Gasteiger partial charge in [0.05, 0.1) is 0 Å². The van der Waals surface area contributed by atoms with Crippen LogP contribution >= 0.6 is 35.3 Å². The molecule has 0 spiro atoms. The lowest BCUT2D eigenvalue weighted by Gasteiger charge is -2.05. The Balaban J connectivity index is 2.26. The highest BCUT2D eigenvalue weighted by molar-refractivity contribution is 8.02. The molecule has 88 valence electrons. The maximum atomic E-state index is 4.44. The maximum Gasteiger partial charge on any atom is 0.209 e. The van der Waals surface area contributed by atoms with Crippen LogP contribution in [0.3, 0.4) is 0 Å². The molecule has 2 aromatic rings. The average molecular weight is 281 g/mol. The first-order chi connectivity index (χ1) is 8.33. The van der Waals surface area contributed by atoms with Crippen LogP contribution in [0.4, 0.5) is 0 Å². The topological polar surface area (TPSA) is 38.7 Å². The Labute approximate surface area is 113 Å². The highest BCUT2D eigenvalue weighted by Crippen LogP contribution is 2.31. The standard InChI is InChI=1S/C11H11N3S3/c1-15-9-10(13-14-11(12-9)16-2)17-8-6-4-3-5-7-8/h3-7H,1-2H3. The molecule has 0 radical (unpaired) electrons. The van der Waals surface area contributed by atoms with E-state index < -0.39 is 0 Å². The third-order valence-corrected chi connectivity index (χ3v) is 4.26. The molecule has 0 saturated carbocycles. The van der Waals surface area contributed by atoms with Crippen LogP contribution in [0.15, 0.2) is 50.4 Å². The van der Waals surface area contributed by atoms with Gasteiger partial charge in [0.25, 0.3) is 0 Å². The summed E-state index contributed by atoms with van der Waals surface area (Å²) >= 11 is 4.69.